The van der Waals surface area contributed by atoms with E-state index in [4.69, 9.17) is 9.47 Å². The Bertz CT molecular complexity index is 830. The van der Waals surface area contributed by atoms with Crippen LogP contribution in [0, 0.1) is 3.57 Å². The molecule has 0 N–H and O–H groups in total. The summed E-state index contributed by atoms with van der Waals surface area (Å²) >= 11 is 2.17. The van der Waals surface area contributed by atoms with Gasteiger partial charge in [0, 0.05) is 5.39 Å². The zero-order valence-corrected chi connectivity index (χ0v) is 14.7. The van der Waals surface area contributed by atoms with Crippen molar-refractivity contribution >= 4 is 39.6 Å². The number of hydrogen-bond acceptors (Lipinski definition) is 4. The maximum Gasteiger partial charge on any atom is 0.435 e. The third-order valence-corrected chi connectivity index (χ3v) is 4.36. The third-order valence-electron chi connectivity index (χ3n) is 3.31. The van der Waals surface area contributed by atoms with E-state index in [0.29, 0.717) is 24.5 Å². The van der Waals surface area contributed by atoms with E-state index in [1.807, 2.05) is 42.5 Å². The van der Waals surface area contributed by atoms with Crippen LogP contribution in [0.25, 0.3) is 10.9 Å². The molecule has 0 aliphatic carbocycles. The number of fused-ring (bicyclic) bond motifs is 1. The first-order valence-electron chi connectivity index (χ1n) is 7.20. The third kappa shape index (κ3) is 3.31. The van der Waals surface area contributed by atoms with Crippen molar-refractivity contribution in [1.29, 1.82) is 0 Å². The van der Waals surface area contributed by atoms with Gasteiger partial charge in [-0.05, 0) is 47.2 Å². The number of halogens is 1. The van der Waals surface area contributed by atoms with Crippen molar-refractivity contribution in [2.45, 2.75) is 13.5 Å². The molecule has 6 heteroatoms. The highest BCUT2D eigenvalue weighted by atomic mass is 127. The smallest absolute Gasteiger partial charge is 0.435 e. The van der Waals surface area contributed by atoms with Gasteiger partial charge in [-0.15, -0.1) is 0 Å². The lowest BCUT2D eigenvalue weighted by Gasteiger charge is -2.10. The highest BCUT2D eigenvalue weighted by Crippen LogP contribution is 2.30. The van der Waals surface area contributed by atoms with Crippen LogP contribution in [0.1, 0.15) is 12.5 Å². The van der Waals surface area contributed by atoms with E-state index in [1.165, 1.54) is 4.68 Å². The van der Waals surface area contributed by atoms with Crippen molar-refractivity contribution in [3.63, 3.8) is 0 Å². The average Bonchev–Trinajstić information content (AvgIpc) is 3.00. The number of ether oxygens (including phenoxy) is 2. The summed E-state index contributed by atoms with van der Waals surface area (Å²) in [5.74, 6) is 0.716. The normalized spacial score (nSPS) is 10.7. The number of aromatic nitrogens is 2. The summed E-state index contributed by atoms with van der Waals surface area (Å²) in [7, 11) is 0. The molecule has 0 aliphatic rings. The summed E-state index contributed by atoms with van der Waals surface area (Å²) in [6, 6.07) is 13.7. The molecule has 3 aromatic rings. The first kappa shape index (κ1) is 15.8. The van der Waals surface area contributed by atoms with E-state index in [9.17, 15) is 4.79 Å². The highest BCUT2D eigenvalue weighted by molar-refractivity contribution is 14.1. The van der Waals surface area contributed by atoms with Gasteiger partial charge in [0.05, 0.1) is 21.9 Å². The molecule has 0 fully saturated rings. The minimum Gasteiger partial charge on any atom is -0.488 e. The standard InChI is InChI=1S/C17H15IN2O3/c1-2-22-17(21)20-16-13(10-19-20)8-9-14(15(16)18)23-11-12-6-4-3-5-7-12/h3-10H,2,11H2,1H3. The van der Waals surface area contributed by atoms with Crippen LogP contribution in [0.4, 0.5) is 4.79 Å². The maximum atomic E-state index is 12.0. The summed E-state index contributed by atoms with van der Waals surface area (Å²) in [5, 5.41) is 4.99. The molecular weight excluding hydrogens is 407 g/mol. The van der Waals surface area contributed by atoms with E-state index >= 15 is 0 Å². The number of carbonyl (C=O) groups is 1. The van der Waals surface area contributed by atoms with Crippen molar-refractivity contribution in [2.24, 2.45) is 0 Å². The van der Waals surface area contributed by atoms with Gasteiger partial charge in [0.25, 0.3) is 0 Å². The first-order valence-corrected chi connectivity index (χ1v) is 8.28. The van der Waals surface area contributed by atoms with Gasteiger partial charge in [-0.25, -0.2) is 4.79 Å². The molecule has 2 aromatic carbocycles. The zero-order chi connectivity index (χ0) is 16.2. The van der Waals surface area contributed by atoms with Gasteiger partial charge in [-0.3, -0.25) is 0 Å². The molecule has 0 unspecified atom stereocenters. The molecule has 5 nitrogen and oxygen atoms in total. The number of nitrogens with zero attached hydrogens (tertiary/aromatic N) is 2. The SMILES string of the molecule is CCOC(=O)n1ncc2ccc(OCc3ccccc3)c(I)c21. The van der Waals surface area contributed by atoms with E-state index in [2.05, 4.69) is 27.7 Å². The quantitative estimate of drug-likeness (QED) is 0.591. The Kier molecular flexibility index (Phi) is 4.80. The molecule has 0 spiro atoms. The fourth-order valence-corrected chi connectivity index (χ4v) is 3.10. The predicted octanol–water partition coefficient (Wildman–Crippen LogP) is 4.22. The van der Waals surface area contributed by atoms with E-state index < -0.39 is 6.09 Å². The number of carbonyl (C=O) groups excluding carboxylic acids is 1. The second-order valence-corrected chi connectivity index (χ2v) is 5.92. The van der Waals surface area contributed by atoms with Crippen LogP contribution in [-0.2, 0) is 11.3 Å². The van der Waals surface area contributed by atoms with Crippen molar-refractivity contribution < 1.29 is 14.3 Å². The molecule has 0 aliphatic heterocycles. The summed E-state index contributed by atoms with van der Waals surface area (Å²) in [4.78, 5) is 12.0. The summed E-state index contributed by atoms with van der Waals surface area (Å²) in [5.41, 5.74) is 1.79. The first-order chi connectivity index (χ1) is 11.2. The van der Waals surface area contributed by atoms with Gasteiger partial charge < -0.3 is 9.47 Å². The number of hydrogen-bond donors (Lipinski definition) is 0. The van der Waals surface area contributed by atoms with Gasteiger partial charge in [-0.1, -0.05) is 30.3 Å². The molecule has 3 rings (SSSR count). The van der Waals surface area contributed by atoms with Gasteiger partial charge in [0.15, 0.2) is 0 Å². The summed E-state index contributed by atoms with van der Waals surface area (Å²) < 4.78 is 13.0. The Morgan fingerprint density at radius 2 is 2.00 bits per heavy atom. The molecule has 1 heterocycles. The molecular formula is C17H15IN2O3. The Hall–Kier alpha value is -2.09. The number of rotatable bonds is 4. The van der Waals surface area contributed by atoms with E-state index in [-0.39, 0.29) is 0 Å². The summed E-state index contributed by atoms with van der Waals surface area (Å²) in [6.07, 6.45) is 1.16. The molecule has 0 radical (unpaired) electrons. The second-order valence-electron chi connectivity index (χ2n) is 4.85. The Morgan fingerprint density at radius 1 is 1.22 bits per heavy atom. The van der Waals surface area contributed by atoms with Crippen LogP contribution in [0.3, 0.4) is 0 Å². The van der Waals surface area contributed by atoms with Crippen molar-refractivity contribution in [3.05, 3.63) is 57.8 Å². The molecule has 0 amide bonds. The lowest BCUT2D eigenvalue weighted by Crippen LogP contribution is -2.15. The summed E-state index contributed by atoms with van der Waals surface area (Å²) in [6.45, 7) is 2.54. The largest absolute Gasteiger partial charge is 0.488 e. The van der Waals surface area contributed by atoms with Crippen LogP contribution >= 0.6 is 22.6 Å². The van der Waals surface area contributed by atoms with E-state index in [0.717, 1.165) is 14.5 Å². The minimum atomic E-state index is -0.486. The van der Waals surface area contributed by atoms with Gasteiger partial charge in [-0.2, -0.15) is 9.78 Å². The molecule has 0 bridgehead atoms. The average molecular weight is 422 g/mol. The van der Waals surface area contributed by atoms with Crippen LogP contribution < -0.4 is 4.74 Å². The van der Waals surface area contributed by atoms with Crippen LogP contribution in [0.2, 0.25) is 0 Å². The predicted molar refractivity (Wildman–Crippen MR) is 95.6 cm³/mol. The monoisotopic (exact) mass is 422 g/mol. The molecule has 118 valence electrons. The second kappa shape index (κ2) is 6.99. The minimum absolute atomic E-state index is 0.307. The molecule has 0 atom stereocenters. The van der Waals surface area contributed by atoms with Crippen molar-refractivity contribution in [3.8, 4) is 5.75 Å². The Morgan fingerprint density at radius 3 is 2.74 bits per heavy atom. The van der Waals surface area contributed by atoms with Crippen LogP contribution in [-0.4, -0.2) is 22.5 Å². The maximum absolute atomic E-state index is 12.0. The Balaban J connectivity index is 1.91. The van der Waals surface area contributed by atoms with Crippen LogP contribution in [0.5, 0.6) is 5.75 Å². The topological polar surface area (TPSA) is 53.4 Å². The Labute approximate surface area is 147 Å². The van der Waals surface area contributed by atoms with Crippen molar-refractivity contribution in [1.82, 2.24) is 9.78 Å². The van der Waals surface area contributed by atoms with Gasteiger partial charge in [0.2, 0.25) is 0 Å². The van der Waals surface area contributed by atoms with Gasteiger partial charge in [0.1, 0.15) is 12.4 Å². The number of benzene rings is 2. The fourth-order valence-electron chi connectivity index (χ4n) is 2.23. The zero-order valence-electron chi connectivity index (χ0n) is 12.5. The van der Waals surface area contributed by atoms with Gasteiger partial charge >= 0.3 is 6.09 Å². The lowest BCUT2D eigenvalue weighted by molar-refractivity contribution is 0.151. The van der Waals surface area contributed by atoms with Crippen LogP contribution in [0.15, 0.2) is 48.7 Å². The van der Waals surface area contributed by atoms with Crippen molar-refractivity contribution in [2.75, 3.05) is 6.61 Å². The highest BCUT2D eigenvalue weighted by Gasteiger charge is 2.17. The molecule has 0 saturated heterocycles. The molecule has 23 heavy (non-hydrogen) atoms. The molecule has 1 aromatic heterocycles. The lowest BCUT2D eigenvalue weighted by atomic mass is 10.2. The fraction of sp³-hybridized carbons (Fsp3) is 0.176. The molecule has 0 saturated carbocycles. The van der Waals surface area contributed by atoms with E-state index in [1.54, 1.807) is 13.1 Å².